The minimum Gasteiger partial charge on any atom is -0.373 e. The molecule has 2 aromatic rings. The highest BCUT2D eigenvalue weighted by molar-refractivity contribution is 7.10. The lowest BCUT2D eigenvalue weighted by atomic mass is 10.2. The summed E-state index contributed by atoms with van der Waals surface area (Å²) in [5, 5.41) is 8.51. The summed E-state index contributed by atoms with van der Waals surface area (Å²) in [6.07, 6.45) is 1.57. The van der Waals surface area contributed by atoms with Gasteiger partial charge in [-0.3, -0.25) is 0 Å². The quantitative estimate of drug-likeness (QED) is 0.873. The Labute approximate surface area is 105 Å². The second-order valence-electron chi connectivity index (χ2n) is 3.83. The molecular weight excluding hydrogens is 232 g/mol. The Morgan fingerprint density at radius 2 is 2.00 bits per heavy atom. The first-order chi connectivity index (χ1) is 8.22. The monoisotopic (exact) mass is 248 g/mol. The minimum atomic E-state index is 0.810. The third-order valence-electron chi connectivity index (χ3n) is 2.71. The van der Waals surface area contributed by atoms with Crippen molar-refractivity contribution < 1.29 is 0 Å². The molecule has 2 aromatic heterocycles. The van der Waals surface area contributed by atoms with Crippen LogP contribution in [0.3, 0.4) is 0 Å². The van der Waals surface area contributed by atoms with E-state index < -0.39 is 0 Å². The van der Waals surface area contributed by atoms with E-state index in [4.69, 9.17) is 0 Å². The predicted octanol–water partition coefficient (Wildman–Crippen LogP) is 2.81. The largest absolute Gasteiger partial charge is 0.373 e. The first kappa shape index (κ1) is 11.9. The molecule has 5 heteroatoms. The summed E-state index contributed by atoms with van der Waals surface area (Å²) in [7, 11) is 1.86. The summed E-state index contributed by atoms with van der Waals surface area (Å²) >= 11 is 1.76. The number of hydrogen-bond acceptors (Lipinski definition) is 5. The molecule has 0 radical (unpaired) electrons. The molecule has 0 aliphatic rings. The topological polar surface area (TPSA) is 49.8 Å². The normalized spacial score (nSPS) is 10.3. The van der Waals surface area contributed by atoms with Crippen molar-refractivity contribution in [3.8, 4) is 0 Å². The van der Waals surface area contributed by atoms with E-state index >= 15 is 0 Å². The molecule has 0 saturated heterocycles. The third-order valence-corrected chi connectivity index (χ3v) is 3.73. The molecule has 2 N–H and O–H groups in total. The van der Waals surface area contributed by atoms with Gasteiger partial charge in [0.1, 0.15) is 18.0 Å². The Morgan fingerprint density at radius 1 is 1.24 bits per heavy atom. The summed E-state index contributed by atoms with van der Waals surface area (Å²) in [6, 6.07) is 2.13. The van der Waals surface area contributed by atoms with Crippen molar-refractivity contribution in [2.24, 2.45) is 0 Å². The van der Waals surface area contributed by atoms with Gasteiger partial charge < -0.3 is 10.6 Å². The maximum absolute atomic E-state index is 4.26. The molecular formula is C12H16N4S. The van der Waals surface area contributed by atoms with Crippen LogP contribution in [0.1, 0.15) is 16.0 Å². The number of hydrogen-bond donors (Lipinski definition) is 2. The first-order valence-electron chi connectivity index (χ1n) is 5.48. The van der Waals surface area contributed by atoms with Crippen LogP contribution in [0.15, 0.2) is 17.8 Å². The van der Waals surface area contributed by atoms with Crippen LogP contribution in [-0.2, 0) is 6.54 Å². The van der Waals surface area contributed by atoms with E-state index in [1.807, 2.05) is 14.0 Å². The number of thiophene rings is 1. The molecule has 0 saturated carbocycles. The number of aromatic nitrogens is 2. The fourth-order valence-electron chi connectivity index (χ4n) is 1.63. The maximum Gasteiger partial charge on any atom is 0.134 e. The van der Waals surface area contributed by atoms with Crippen LogP contribution >= 0.6 is 11.3 Å². The van der Waals surface area contributed by atoms with E-state index in [0.717, 1.165) is 23.7 Å². The van der Waals surface area contributed by atoms with E-state index in [2.05, 4.69) is 39.0 Å². The number of anilines is 2. The minimum absolute atomic E-state index is 0.810. The first-order valence-corrected chi connectivity index (χ1v) is 6.36. The van der Waals surface area contributed by atoms with Crippen molar-refractivity contribution in [1.82, 2.24) is 9.97 Å². The number of aryl methyl sites for hydroxylation is 1. The molecule has 2 heterocycles. The lowest BCUT2D eigenvalue weighted by Crippen LogP contribution is -2.06. The number of rotatable bonds is 4. The second-order valence-corrected chi connectivity index (χ2v) is 4.83. The summed E-state index contributed by atoms with van der Waals surface area (Å²) < 4.78 is 0. The van der Waals surface area contributed by atoms with Crippen LogP contribution < -0.4 is 10.6 Å². The van der Waals surface area contributed by atoms with Gasteiger partial charge >= 0.3 is 0 Å². The van der Waals surface area contributed by atoms with E-state index in [1.165, 1.54) is 10.4 Å². The van der Waals surface area contributed by atoms with E-state index in [0.29, 0.717) is 0 Å². The second kappa shape index (κ2) is 5.14. The van der Waals surface area contributed by atoms with Crippen LogP contribution in [0.2, 0.25) is 0 Å². The van der Waals surface area contributed by atoms with Crippen LogP contribution in [-0.4, -0.2) is 17.0 Å². The van der Waals surface area contributed by atoms with Crippen molar-refractivity contribution in [2.45, 2.75) is 20.4 Å². The van der Waals surface area contributed by atoms with Gasteiger partial charge in [-0.15, -0.1) is 11.3 Å². The van der Waals surface area contributed by atoms with Crippen molar-refractivity contribution >= 4 is 23.0 Å². The number of nitrogens with zero attached hydrogens (tertiary/aromatic N) is 2. The fraction of sp³-hybridized carbons (Fsp3) is 0.333. The zero-order valence-corrected chi connectivity index (χ0v) is 11.1. The zero-order chi connectivity index (χ0) is 12.3. The van der Waals surface area contributed by atoms with E-state index in [-0.39, 0.29) is 0 Å². The average Bonchev–Trinajstić information content (AvgIpc) is 2.74. The summed E-state index contributed by atoms with van der Waals surface area (Å²) in [6.45, 7) is 4.94. The fourth-order valence-corrected chi connectivity index (χ4v) is 2.48. The molecule has 0 atom stereocenters. The molecule has 4 nitrogen and oxygen atoms in total. The zero-order valence-electron chi connectivity index (χ0n) is 10.2. The van der Waals surface area contributed by atoms with Crippen molar-refractivity contribution in [3.05, 3.63) is 33.8 Å². The molecule has 17 heavy (non-hydrogen) atoms. The van der Waals surface area contributed by atoms with Gasteiger partial charge in [-0.2, -0.15) is 0 Å². The lowest BCUT2D eigenvalue weighted by molar-refractivity contribution is 1.06. The summed E-state index contributed by atoms with van der Waals surface area (Å²) in [5.74, 6) is 1.75. The smallest absolute Gasteiger partial charge is 0.134 e. The van der Waals surface area contributed by atoms with Gasteiger partial charge in [-0.25, -0.2) is 9.97 Å². The molecule has 2 rings (SSSR count). The van der Waals surface area contributed by atoms with Gasteiger partial charge in [-0.05, 0) is 30.9 Å². The third kappa shape index (κ3) is 2.55. The summed E-state index contributed by atoms with van der Waals surface area (Å²) in [4.78, 5) is 9.76. The van der Waals surface area contributed by atoms with Gasteiger partial charge in [0.2, 0.25) is 0 Å². The van der Waals surface area contributed by atoms with Crippen molar-refractivity contribution in [3.63, 3.8) is 0 Å². The van der Waals surface area contributed by atoms with Crippen LogP contribution in [0, 0.1) is 13.8 Å². The molecule has 90 valence electrons. The highest BCUT2D eigenvalue weighted by atomic mass is 32.1. The van der Waals surface area contributed by atoms with Crippen LogP contribution in [0.25, 0.3) is 0 Å². The Kier molecular flexibility index (Phi) is 3.58. The van der Waals surface area contributed by atoms with Gasteiger partial charge in [0.05, 0.1) is 6.54 Å². The average molecular weight is 248 g/mol. The SMILES string of the molecule is CNc1ncnc(NCc2sccc2C)c1C. The van der Waals surface area contributed by atoms with Gasteiger partial charge in [0.15, 0.2) is 0 Å². The number of nitrogens with one attached hydrogen (secondary N) is 2. The van der Waals surface area contributed by atoms with E-state index in [1.54, 1.807) is 17.7 Å². The van der Waals surface area contributed by atoms with Crippen LogP contribution in [0.4, 0.5) is 11.6 Å². The predicted molar refractivity (Wildman–Crippen MR) is 72.7 cm³/mol. The molecule has 0 bridgehead atoms. The van der Waals surface area contributed by atoms with Gasteiger partial charge in [0, 0.05) is 17.5 Å². The Hall–Kier alpha value is -1.62. The van der Waals surface area contributed by atoms with Crippen molar-refractivity contribution in [1.29, 1.82) is 0 Å². The van der Waals surface area contributed by atoms with Gasteiger partial charge in [0.25, 0.3) is 0 Å². The lowest BCUT2D eigenvalue weighted by Gasteiger charge is -2.10. The molecule has 0 aromatic carbocycles. The highest BCUT2D eigenvalue weighted by Gasteiger charge is 2.06. The molecule has 0 aliphatic heterocycles. The Morgan fingerprint density at radius 3 is 2.65 bits per heavy atom. The Balaban J connectivity index is 2.12. The maximum atomic E-state index is 4.26. The van der Waals surface area contributed by atoms with Crippen LogP contribution in [0.5, 0.6) is 0 Å². The standard InChI is InChI=1S/C12H16N4S/c1-8-4-5-17-10(8)6-14-12-9(2)11(13-3)15-7-16-12/h4-5,7H,6H2,1-3H3,(H2,13,14,15,16). The van der Waals surface area contributed by atoms with Crippen molar-refractivity contribution in [2.75, 3.05) is 17.7 Å². The molecule has 0 unspecified atom stereocenters. The molecule has 0 spiro atoms. The molecule has 0 aliphatic carbocycles. The molecule has 0 fully saturated rings. The highest BCUT2D eigenvalue weighted by Crippen LogP contribution is 2.20. The Bertz CT molecular complexity index is 507. The summed E-state index contributed by atoms with van der Waals surface area (Å²) in [5.41, 5.74) is 2.37. The van der Waals surface area contributed by atoms with E-state index in [9.17, 15) is 0 Å². The molecule has 0 amide bonds. The van der Waals surface area contributed by atoms with Gasteiger partial charge in [-0.1, -0.05) is 0 Å².